The minimum atomic E-state index is -0.429. The molecule has 2 aromatic carbocycles. The molecule has 0 spiro atoms. The van der Waals surface area contributed by atoms with Crippen LogP contribution in [0.4, 0.5) is 0 Å². The molecule has 0 unspecified atom stereocenters. The van der Waals surface area contributed by atoms with Crippen LogP contribution in [0.15, 0.2) is 54.6 Å². The zero-order chi connectivity index (χ0) is 24.9. The maximum atomic E-state index is 13.2. The molecule has 2 aromatic rings. The average molecular weight is 486 g/mol. The number of unbranched alkanes of at least 4 members (excludes halogenated alkanes) is 1. The molecule has 0 aliphatic rings. The van der Waals surface area contributed by atoms with Crippen LogP contribution in [0.25, 0.3) is 6.08 Å². The summed E-state index contributed by atoms with van der Waals surface area (Å²) >= 11 is 6.01. The predicted octanol–water partition coefficient (Wildman–Crippen LogP) is 5.31. The molecule has 3 atom stereocenters. The molecule has 0 aromatic heterocycles. The van der Waals surface area contributed by atoms with Crippen LogP contribution in [0.2, 0.25) is 5.02 Å². The summed E-state index contributed by atoms with van der Waals surface area (Å²) in [7, 11) is 0. The van der Waals surface area contributed by atoms with Gasteiger partial charge in [-0.25, -0.2) is 0 Å². The second-order valence-electron chi connectivity index (χ2n) is 9.38. The molecular formula is C28H40ClN3O2. The number of amides is 1. The number of benzene rings is 2. The summed E-state index contributed by atoms with van der Waals surface area (Å²) in [4.78, 5) is 13.2. The van der Waals surface area contributed by atoms with E-state index in [1.165, 1.54) is 0 Å². The molecule has 6 heteroatoms. The number of halogens is 1. The minimum absolute atomic E-state index is 0.0114. The number of aromatic hydroxyl groups is 1. The van der Waals surface area contributed by atoms with Crippen molar-refractivity contribution in [2.75, 3.05) is 6.54 Å². The lowest BCUT2D eigenvalue weighted by Crippen LogP contribution is -2.51. The van der Waals surface area contributed by atoms with Gasteiger partial charge in [0.25, 0.3) is 0 Å². The van der Waals surface area contributed by atoms with Gasteiger partial charge in [0.1, 0.15) is 5.75 Å². The molecule has 34 heavy (non-hydrogen) atoms. The Morgan fingerprint density at radius 3 is 2.41 bits per heavy atom. The summed E-state index contributed by atoms with van der Waals surface area (Å²) in [5, 5.41) is 17.0. The summed E-state index contributed by atoms with van der Waals surface area (Å²) in [5.41, 5.74) is 8.22. The molecule has 186 valence electrons. The van der Waals surface area contributed by atoms with Crippen molar-refractivity contribution in [3.63, 3.8) is 0 Å². The lowest BCUT2D eigenvalue weighted by atomic mass is 9.99. The van der Waals surface area contributed by atoms with Gasteiger partial charge in [-0.3, -0.25) is 10.1 Å². The SMILES string of the molecule is CCCC[C@H](N)CNC(=O)[C@H](Cc1ccc(O)cc1)N[C@H](/C=C/c1ccc(Cl)cc1)CC(C)C. The van der Waals surface area contributed by atoms with Crippen LogP contribution in [0.5, 0.6) is 5.75 Å². The maximum absolute atomic E-state index is 13.2. The topological polar surface area (TPSA) is 87.4 Å². The van der Waals surface area contributed by atoms with Gasteiger partial charge in [-0.15, -0.1) is 0 Å². The van der Waals surface area contributed by atoms with Crippen LogP contribution in [0.1, 0.15) is 57.6 Å². The Bertz CT molecular complexity index is 882. The largest absolute Gasteiger partial charge is 0.508 e. The quantitative estimate of drug-likeness (QED) is 0.292. The number of phenols is 1. The summed E-state index contributed by atoms with van der Waals surface area (Å²) in [6.07, 6.45) is 8.62. The van der Waals surface area contributed by atoms with E-state index < -0.39 is 6.04 Å². The van der Waals surface area contributed by atoms with Crippen LogP contribution in [0.3, 0.4) is 0 Å². The van der Waals surface area contributed by atoms with Crippen LogP contribution < -0.4 is 16.4 Å². The lowest BCUT2D eigenvalue weighted by Gasteiger charge is -2.25. The van der Waals surface area contributed by atoms with Crippen molar-refractivity contribution in [3.8, 4) is 5.75 Å². The molecule has 2 rings (SSSR count). The van der Waals surface area contributed by atoms with Crippen LogP contribution in [-0.2, 0) is 11.2 Å². The Kier molecular flexibility index (Phi) is 12.2. The Morgan fingerprint density at radius 2 is 1.79 bits per heavy atom. The number of nitrogens with two attached hydrogens (primary N) is 1. The van der Waals surface area contributed by atoms with Gasteiger partial charge in [-0.05, 0) is 60.6 Å². The van der Waals surface area contributed by atoms with Crippen LogP contribution >= 0.6 is 11.6 Å². The summed E-state index contributed by atoms with van der Waals surface area (Å²) in [5.74, 6) is 0.601. The monoisotopic (exact) mass is 485 g/mol. The van der Waals surface area contributed by atoms with Crippen molar-refractivity contribution in [1.82, 2.24) is 10.6 Å². The Balaban J connectivity index is 2.16. The third-order valence-corrected chi connectivity index (χ3v) is 5.94. The molecule has 1 amide bonds. The average Bonchev–Trinajstić information content (AvgIpc) is 2.81. The van der Waals surface area contributed by atoms with Crippen molar-refractivity contribution in [3.05, 3.63) is 70.8 Å². The third-order valence-electron chi connectivity index (χ3n) is 5.69. The van der Waals surface area contributed by atoms with E-state index in [-0.39, 0.29) is 23.7 Å². The molecular weight excluding hydrogens is 446 g/mol. The standard InChI is InChI=1S/C28H40ClN3O2/c1-4-5-6-24(30)19-31-28(34)27(18-22-10-15-26(33)16-11-22)32-25(17-20(2)3)14-9-21-7-12-23(29)13-8-21/h7-16,20,24-25,27,32-33H,4-6,17-19,30H2,1-3H3,(H,31,34)/b14-9+/t24-,25+,27-/m0/s1. The number of rotatable bonds is 14. The fourth-order valence-electron chi connectivity index (χ4n) is 3.79. The van der Waals surface area contributed by atoms with Crippen molar-refractivity contribution >= 4 is 23.6 Å². The number of carbonyl (C=O) groups excluding carboxylic acids is 1. The van der Waals surface area contributed by atoms with E-state index in [9.17, 15) is 9.90 Å². The summed E-state index contributed by atoms with van der Waals surface area (Å²) in [6.45, 7) is 6.94. The highest BCUT2D eigenvalue weighted by molar-refractivity contribution is 6.30. The number of hydrogen-bond donors (Lipinski definition) is 4. The molecule has 0 bridgehead atoms. The molecule has 0 saturated carbocycles. The second-order valence-corrected chi connectivity index (χ2v) is 9.82. The molecule has 0 radical (unpaired) electrons. The first-order valence-corrected chi connectivity index (χ1v) is 12.7. The van der Waals surface area contributed by atoms with E-state index in [1.54, 1.807) is 12.1 Å². The van der Waals surface area contributed by atoms with E-state index in [0.717, 1.165) is 36.8 Å². The van der Waals surface area contributed by atoms with Crippen molar-refractivity contribution in [2.45, 2.75) is 71.0 Å². The van der Waals surface area contributed by atoms with Gasteiger partial charge in [0.2, 0.25) is 5.91 Å². The molecule has 0 fully saturated rings. The Hall–Kier alpha value is -2.34. The molecule has 5 N–H and O–H groups in total. The lowest BCUT2D eigenvalue weighted by molar-refractivity contribution is -0.123. The molecule has 5 nitrogen and oxygen atoms in total. The number of nitrogens with one attached hydrogen (secondary N) is 2. The highest BCUT2D eigenvalue weighted by Gasteiger charge is 2.22. The van der Waals surface area contributed by atoms with Gasteiger partial charge in [-0.1, -0.05) is 81.6 Å². The normalized spacial score (nSPS) is 14.3. The van der Waals surface area contributed by atoms with Crippen molar-refractivity contribution < 1.29 is 9.90 Å². The highest BCUT2D eigenvalue weighted by atomic mass is 35.5. The molecule has 0 saturated heterocycles. The zero-order valence-electron chi connectivity index (χ0n) is 20.6. The van der Waals surface area contributed by atoms with Gasteiger partial charge in [0.15, 0.2) is 0 Å². The van der Waals surface area contributed by atoms with Crippen LogP contribution in [-0.4, -0.2) is 35.7 Å². The summed E-state index contributed by atoms with van der Waals surface area (Å²) < 4.78 is 0. The maximum Gasteiger partial charge on any atom is 0.237 e. The van der Waals surface area contributed by atoms with Crippen LogP contribution in [0, 0.1) is 5.92 Å². The van der Waals surface area contributed by atoms with E-state index in [1.807, 2.05) is 36.4 Å². The molecule has 0 aliphatic heterocycles. The van der Waals surface area contributed by atoms with E-state index in [4.69, 9.17) is 17.3 Å². The fourth-order valence-corrected chi connectivity index (χ4v) is 3.91. The van der Waals surface area contributed by atoms with E-state index in [0.29, 0.717) is 23.9 Å². The van der Waals surface area contributed by atoms with Crippen molar-refractivity contribution in [2.24, 2.45) is 11.7 Å². The summed E-state index contributed by atoms with van der Waals surface area (Å²) in [6, 6.07) is 14.2. The van der Waals surface area contributed by atoms with E-state index >= 15 is 0 Å². The first-order valence-electron chi connectivity index (χ1n) is 12.3. The molecule has 0 heterocycles. The third kappa shape index (κ3) is 10.7. The first kappa shape index (κ1) is 27.9. The predicted molar refractivity (Wildman–Crippen MR) is 143 cm³/mol. The van der Waals surface area contributed by atoms with Crippen molar-refractivity contribution in [1.29, 1.82) is 0 Å². The van der Waals surface area contributed by atoms with E-state index in [2.05, 4.69) is 43.6 Å². The fraction of sp³-hybridized carbons (Fsp3) is 0.464. The second kappa shape index (κ2) is 14.8. The van der Waals surface area contributed by atoms with Gasteiger partial charge >= 0.3 is 0 Å². The minimum Gasteiger partial charge on any atom is -0.508 e. The highest BCUT2D eigenvalue weighted by Crippen LogP contribution is 2.15. The Morgan fingerprint density at radius 1 is 1.12 bits per heavy atom. The first-order chi connectivity index (χ1) is 16.3. The van der Waals surface area contributed by atoms with Gasteiger partial charge in [0, 0.05) is 23.7 Å². The zero-order valence-corrected chi connectivity index (χ0v) is 21.4. The van der Waals surface area contributed by atoms with Gasteiger partial charge in [0.05, 0.1) is 6.04 Å². The Labute approximate surface area is 209 Å². The number of hydrogen-bond acceptors (Lipinski definition) is 4. The number of phenolic OH excluding ortho intramolecular Hbond substituents is 1. The smallest absolute Gasteiger partial charge is 0.237 e. The van der Waals surface area contributed by atoms with Gasteiger partial charge in [-0.2, -0.15) is 0 Å². The molecule has 0 aliphatic carbocycles. The van der Waals surface area contributed by atoms with Gasteiger partial charge < -0.3 is 16.2 Å². The number of carbonyl (C=O) groups is 1.